The first-order valence-electron chi connectivity index (χ1n) is 13.6. The van der Waals surface area contributed by atoms with E-state index < -0.39 is 0 Å². The summed E-state index contributed by atoms with van der Waals surface area (Å²) in [6, 6.07) is 12.4. The average Bonchev–Trinajstić information content (AvgIpc) is 2.92. The molecule has 0 saturated carbocycles. The number of anilines is 3. The van der Waals surface area contributed by atoms with E-state index in [9.17, 15) is 4.79 Å². The molecule has 4 heterocycles. The van der Waals surface area contributed by atoms with Crippen molar-refractivity contribution in [3.8, 4) is 0 Å². The molecule has 1 aromatic carbocycles. The Labute approximate surface area is 218 Å². The molecule has 0 bridgehead atoms. The van der Waals surface area contributed by atoms with Crippen molar-refractivity contribution in [3.63, 3.8) is 0 Å². The van der Waals surface area contributed by atoms with Gasteiger partial charge in [0, 0.05) is 67.3 Å². The highest BCUT2D eigenvalue weighted by Crippen LogP contribution is 2.24. The lowest BCUT2D eigenvalue weighted by Gasteiger charge is -2.34. The van der Waals surface area contributed by atoms with Gasteiger partial charge in [-0.05, 0) is 76.5 Å². The Bertz CT molecular complexity index is 1210. The van der Waals surface area contributed by atoms with Crippen LogP contribution in [0.3, 0.4) is 0 Å². The Kier molecular flexibility index (Phi) is 8.33. The van der Waals surface area contributed by atoms with Crippen molar-refractivity contribution < 1.29 is 4.74 Å². The molecule has 2 N–H and O–H groups in total. The summed E-state index contributed by atoms with van der Waals surface area (Å²) < 4.78 is 7.13. The fourth-order valence-corrected chi connectivity index (χ4v) is 5.26. The van der Waals surface area contributed by atoms with Gasteiger partial charge in [-0.2, -0.15) is 4.98 Å². The van der Waals surface area contributed by atoms with Crippen LogP contribution in [0.5, 0.6) is 0 Å². The predicted octanol–water partition coefficient (Wildman–Crippen LogP) is 3.40. The highest BCUT2D eigenvalue weighted by Gasteiger charge is 2.19. The SMILES string of the molecule is CC(C)n1c(=O)ccc2cnc(Nc3ccc(N4CCC(NCCCN5CCOCC5)CC4)cc3)nc21. The molecule has 9 heteroatoms. The standard InChI is InChI=1S/C28H39N7O2/c1-21(2)35-26(36)9-4-22-20-30-28(32-27(22)35)31-24-5-7-25(8-6-24)34-14-10-23(11-15-34)29-12-3-13-33-16-18-37-19-17-33/h4-9,20-21,23,29H,3,10-19H2,1-2H3,(H,30,31,32). The van der Waals surface area contributed by atoms with Crippen LogP contribution in [0.15, 0.2) is 47.4 Å². The number of hydrogen-bond acceptors (Lipinski definition) is 8. The fraction of sp³-hybridized carbons (Fsp3) is 0.536. The molecule has 0 radical (unpaired) electrons. The molecule has 0 atom stereocenters. The van der Waals surface area contributed by atoms with Crippen LogP contribution in [0.2, 0.25) is 0 Å². The minimum atomic E-state index is -0.0523. The Morgan fingerprint density at radius 3 is 2.51 bits per heavy atom. The van der Waals surface area contributed by atoms with Crippen molar-refractivity contribution in [2.24, 2.45) is 0 Å². The number of hydrogen-bond donors (Lipinski definition) is 2. The smallest absolute Gasteiger partial charge is 0.252 e. The number of ether oxygens (including phenoxy) is 1. The molecule has 9 nitrogen and oxygen atoms in total. The third kappa shape index (κ3) is 6.47. The van der Waals surface area contributed by atoms with Crippen LogP contribution in [0.1, 0.15) is 39.2 Å². The zero-order valence-electron chi connectivity index (χ0n) is 22.0. The van der Waals surface area contributed by atoms with E-state index in [1.165, 1.54) is 24.9 Å². The number of rotatable bonds is 9. The monoisotopic (exact) mass is 505 g/mol. The lowest BCUT2D eigenvalue weighted by molar-refractivity contribution is 0.0373. The van der Waals surface area contributed by atoms with Gasteiger partial charge in [-0.15, -0.1) is 0 Å². The third-order valence-corrected chi connectivity index (χ3v) is 7.35. The lowest BCUT2D eigenvalue weighted by atomic mass is 10.0. The van der Waals surface area contributed by atoms with Crippen LogP contribution in [0, 0.1) is 0 Å². The van der Waals surface area contributed by atoms with E-state index in [0.717, 1.165) is 63.6 Å². The molecule has 2 aromatic heterocycles. The highest BCUT2D eigenvalue weighted by atomic mass is 16.5. The largest absolute Gasteiger partial charge is 0.379 e. The molecule has 5 rings (SSSR count). The Morgan fingerprint density at radius 1 is 1.03 bits per heavy atom. The summed E-state index contributed by atoms with van der Waals surface area (Å²) in [7, 11) is 0. The van der Waals surface area contributed by atoms with Gasteiger partial charge in [-0.3, -0.25) is 14.3 Å². The van der Waals surface area contributed by atoms with Crippen LogP contribution >= 0.6 is 0 Å². The second-order valence-corrected chi connectivity index (χ2v) is 10.3. The fourth-order valence-electron chi connectivity index (χ4n) is 5.26. The lowest BCUT2D eigenvalue weighted by Crippen LogP contribution is -2.43. The van der Waals surface area contributed by atoms with Crippen LogP contribution in [0.25, 0.3) is 11.0 Å². The molecule has 0 aliphatic carbocycles. The minimum Gasteiger partial charge on any atom is -0.379 e. The summed E-state index contributed by atoms with van der Waals surface area (Å²) >= 11 is 0. The zero-order valence-corrected chi connectivity index (χ0v) is 22.0. The minimum absolute atomic E-state index is 0.0210. The summed E-state index contributed by atoms with van der Waals surface area (Å²) in [5.41, 5.74) is 2.76. The van der Waals surface area contributed by atoms with Crippen molar-refractivity contribution in [2.75, 3.05) is 62.7 Å². The van der Waals surface area contributed by atoms with Gasteiger partial charge in [0.05, 0.1) is 13.2 Å². The number of nitrogens with one attached hydrogen (secondary N) is 2. The van der Waals surface area contributed by atoms with Crippen LogP contribution in [0.4, 0.5) is 17.3 Å². The van der Waals surface area contributed by atoms with E-state index in [-0.39, 0.29) is 11.6 Å². The summed E-state index contributed by atoms with van der Waals surface area (Å²) in [5, 5.41) is 7.91. The average molecular weight is 506 g/mol. The summed E-state index contributed by atoms with van der Waals surface area (Å²) in [6.07, 6.45) is 5.30. The number of nitrogens with zero attached hydrogens (tertiary/aromatic N) is 5. The van der Waals surface area contributed by atoms with E-state index >= 15 is 0 Å². The second kappa shape index (κ2) is 12.0. The highest BCUT2D eigenvalue weighted by molar-refractivity contribution is 5.76. The van der Waals surface area contributed by atoms with Crippen molar-refractivity contribution >= 4 is 28.4 Å². The maximum Gasteiger partial charge on any atom is 0.252 e. The normalized spacial score (nSPS) is 17.5. The van der Waals surface area contributed by atoms with E-state index in [0.29, 0.717) is 17.6 Å². The molecule has 2 aliphatic heterocycles. The molecule has 0 amide bonds. The molecule has 198 valence electrons. The number of fused-ring (bicyclic) bond motifs is 1. The van der Waals surface area contributed by atoms with Gasteiger partial charge >= 0.3 is 0 Å². The van der Waals surface area contributed by atoms with Gasteiger partial charge in [0.2, 0.25) is 5.95 Å². The molecule has 2 aliphatic rings. The maximum atomic E-state index is 12.3. The first kappa shape index (κ1) is 25.6. The molecule has 2 saturated heterocycles. The maximum absolute atomic E-state index is 12.3. The van der Waals surface area contributed by atoms with E-state index in [1.807, 2.05) is 13.8 Å². The van der Waals surface area contributed by atoms with Gasteiger partial charge in [-0.25, -0.2) is 4.98 Å². The molecule has 0 unspecified atom stereocenters. The number of piperidine rings is 1. The van der Waals surface area contributed by atoms with Crippen molar-refractivity contribution in [1.29, 1.82) is 0 Å². The van der Waals surface area contributed by atoms with Gasteiger partial charge in [0.25, 0.3) is 5.56 Å². The number of pyridine rings is 1. The van der Waals surface area contributed by atoms with Crippen molar-refractivity contribution in [1.82, 2.24) is 24.8 Å². The van der Waals surface area contributed by atoms with E-state index in [2.05, 4.69) is 54.7 Å². The van der Waals surface area contributed by atoms with Crippen molar-refractivity contribution in [2.45, 2.75) is 45.2 Å². The number of morpholine rings is 1. The first-order valence-corrected chi connectivity index (χ1v) is 13.6. The van der Waals surface area contributed by atoms with E-state index in [4.69, 9.17) is 4.74 Å². The van der Waals surface area contributed by atoms with Gasteiger partial charge < -0.3 is 20.3 Å². The number of aromatic nitrogens is 3. The Balaban J connectivity index is 1.11. The molecule has 3 aromatic rings. The van der Waals surface area contributed by atoms with Gasteiger partial charge in [0.1, 0.15) is 5.65 Å². The summed E-state index contributed by atoms with van der Waals surface area (Å²) in [6.45, 7) is 12.3. The third-order valence-electron chi connectivity index (χ3n) is 7.35. The molecule has 37 heavy (non-hydrogen) atoms. The Morgan fingerprint density at radius 2 is 1.78 bits per heavy atom. The van der Waals surface area contributed by atoms with Gasteiger partial charge in [0.15, 0.2) is 0 Å². The topological polar surface area (TPSA) is 87.6 Å². The molecule has 0 spiro atoms. The molecular weight excluding hydrogens is 466 g/mol. The Hall–Kier alpha value is -3.01. The quantitative estimate of drug-likeness (QED) is 0.428. The van der Waals surface area contributed by atoms with Crippen LogP contribution in [-0.2, 0) is 4.74 Å². The predicted molar refractivity (Wildman–Crippen MR) is 149 cm³/mol. The molecular formula is C28H39N7O2. The van der Waals surface area contributed by atoms with E-state index in [1.54, 1.807) is 22.9 Å². The summed E-state index contributed by atoms with van der Waals surface area (Å²) in [4.78, 5) is 26.4. The second-order valence-electron chi connectivity index (χ2n) is 10.3. The summed E-state index contributed by atoms with van der Waals surface area (Å²) in [5.74, 6) is 0.487. The van der Waals surface area contributed by atoms with Gasteiger partial charge in [-0.1, -0.05) is 0 Å². The zero-order chi connectivity index (χ0) is 25.6. The first-order chi connectivity index (χ1) is 18.1. The number of benzene rings is 1. The molecule has 2 fully saturated rings. The van der Waals surface area contributed by atoms with Crippen LogP contribution < -0.4 is 21.1 Å². The van der Waals surface area contributed by atoms with Crippen molar-refractivity contribution in [3.05, 3.63) is 52.9 Å². The van der Waals surface area contributed by atoms with Crippen LogP contribution in [-0.4, -0.2) is 78.0 Å².